The van der Waals surface area contributed by atoms with Crippen molar-refractivity contribution in [3.8, 4) is 0 Å². The first-order valence-electron chi connectivity index (χ1n) is 10.3. The average molecular weight is 491 g/mol. The van der Waals surface area contributed by atoms with E-state index in [4.69, 9.17) is 4.52 Å². The van der Waals surface area contributed by atoms with Gasteiger partial charge in [0.05, 0.1) is 5.69 Å². The molecule has 2 N–H and O–H groups in total. The van der Waals surface area contributed by atoms with Crippen molar-refractivity contribution in [2.75, 3.05) is 19.6 Å². The van der Waals surface area contributed by atoms with E-state index < -0.39 is 0 Å². The second kappa shape index (κ2) is 12.6. The lowest BCUT2D eigenvalue weighted by Crippen LogP contribution is -2.43. The molecule has 0 atom stereocenters. The summed E-state index contributed by atoms with van der Waals surface area (Å²) in [6.45, 7) is 14.3. The van der Waals surface area contributed by atoms with E-state index in [2.05, 4.69) is 66.4 Å². The highest BCUT2D eigenvalue weighted by atomic mass is 127. The fourth-order valence-corrected chi connectivity index (χ4v) is 3.37. The highest BCUT2D eigenvalue weighted by molar-refractivity contribution is 14.0. The third kappa shape index (κ3) is 7.97. The first kappa shape index (κ1) is 24.2. The molecule has 1 aromatic rings. The van der Waals surface area contributed by atoms with Crippen LogP contribution in [-0.2, 0) is 6.54 Å². The quantitative estimate of drug-likeness (QED) is 0.277. The van der Waals surface area contributed by atoms with Crippen molar-refractivity contribution in [3.63, 3.8) is 0 Å². The number of nitrogens with one attached hydrogen (secondary N) is 2. The number of guanidine groups is 1. The molecule has 0 aliphatic heterocycles. The van der Waals surface area contributed by atoms with Crippen molar-refractivity contribution in [1.29, 1.82) is 0 Å². The molecule has 1 saturated carbocycles. The summed E-state index contributed by atoms with van der Waals surface area (Å²) < 4.78 is 5.47. The Morgan fingerprint density at radius 3 is 2.52 bits per heavy atom. The Kier molecular flexibility index (Phi) is 11.3. The molecule has 6 nitrogen and oxygen atoms in total. The van der Waals surface area contributed by atoms with Gasteiger partial charge in [0.25, 0.3) is 0 Å². The van der Waals surface area contributed by atoms with Gasteiger partial charge in [0, 0.05) is 43.7 Å². The van der Waals surface area contributed by atoms with E-state index in [0.29, 0.717) is 18.5 Å². The summed E-state index contributed by atoms with van der Waals surface area (Å²) in [6, 6.07) is 3.44. The lowest BCUT2D eigenvalue weighted by Gasteiger charge is -2.26. The summed E-state index contributed by atoms with van der Waals surface area (Å²) in [5.74, 6) is 2.14. The molecule has 27 heavy (non-hydrogen) atoms. The number of aliphatic imine (C=N–C) groups is 1. The first-order chi connectivity index (χ1) is 12.6. The molecule has 0 amide bonds. The maximum Gasteiger partial charge on any atom is 0.191 e. The summed E-state index contributed by atoms with van der Waals surface area (Å²) in [5, 5.41) is 11.0. The molecule has 0 aromatic carbocycles. The van der Waals surface area contributed by atoms with Crippen molar-refractivity contribution in [3.05, 3.63) is 17.5 Å². The Bertz CT molecular complexity index is 550. The second-order valence-corrected chi connectivity index (χ2v) is 7.42. The maximum atomic E-state index is 5.47. The van der Waals surface area contributed by atoms with E-state index in [1.54, 1.807) is 0 Å². The van der Waals surface area contributed by atoms with Crippen LogP contribution in [0.15, 0.2) is 15.6 Å². The van der Waals surface area contributed by atoms with Crippen LogP contribution in [0.5, 0.6) is 0 Å². The summed E-state index contributed by atoms with van der Waals surface area (Å²) in [5.41, 5.74) is 1.05. The van der Waals surface area contributed by atoms with Gasteiger partial charge in [-0.2, -0.15) is 0 Å². The Labute approximate surface area is 181 Å². The second-order valence-electron chi connectivity index (χ2n) is 7.42. The van der Waals surface area contributed by atoms with Gasteiger partial charge in [-0.25, -0.2) is 4.99 Å². The first-order valence-corrected chi connectivity index (χ1v) is 10.3. The molecule has 1 aliphatic carbocycles. The topological polar surface area (TPSA) is 65.7 Å². The summed E-state index contributed by atoms with van der Waals surface area (Å²) >= 11 is 0. The van der Waals surface area contributed by atoms with Crippen molar-refractivity contribution in [1.82, 2.24) is 20.7 Å². The normalized spacial score (nSPS) is 14.7. The van der Waals surface area contributed by atoms with Crippen LogP contribution >= 0.6 is 24.0 Å². The molecule has 0 unspecified atom stereocenters. The molecule has 0 radical (unpaired) electrons. The van der Waals surface area contributed by atoms with Gasteiger partial charge in [-0.3, -0.25) is 4.90 Å². The molecule has 0 saturated heterocycles. The molecule has 1 heterocycles. The Morgan fingerprint density at radius 2 is 1.96 bits per heavy atom. The van der Waals surface area contributed by atoms with Crippen molar-refractivity contribution < 1.29 is 4.52 Å². The lowest BCUT2D eigenvalue weighted by molar-refractivity contribution is 0.215. The summed E-state index contributed by atoms with van der Waals surface area (Å²) in [7, 11) is 0. The van der Waals surface area contributed by atoms with E-state index in [1.807, 2.05) is 0 Å². The third-order valence-corrected chi connectivity index (χ3v) is 5.06. The van der Waals surface area contributed by atoms with Gasteiger partial charge in [-0.15, -0.1) is 24.0 Å². The van der Waals surface area contributed by atoms with Crippen molar-refractivity contribution in [2.45, 2.75) is 84.8 Å². The zero-order chi connectivity index (χ0) is 18.9. The minimum atomic E-state index is 0. The molecule has 0 bridgehead atoms. The number of hydrogen-bond donors (Lipinski definition) is 2. The number of halogens is 1. The molecule has 1 aromatic heterocycles. The number of rotatable bonds is 11. The van der Waals surface area contributed by atoms with E-state index in [1.165, 1.54) is 12.8 Å². The van der Waals surface area contributed by atoms with Gasteiger partial charge in [0.2, 0.25) is 0 Å². The Morgan fingerprint density at radius 1 is 1.26 bits per heavy atom. The van der Waals surface area contributed by atoms with Crippen LogP contribution in [0.4, 0.5) is 0 Å². The van der Waals surface area contributed by atoms with Gasteiger partial charge in [-0.05, 0) is 46.5 Å². The van der Waals surface area contributed by atoms with Gasteiger partial charge in [0.1, 0.15) is 6.54 Å². The lowest BCUT2D eigenvalue weighted by atomic mass is 9.99. The van der Waals surface area contributed by atoms with Gasteiger partial charge in [-0.1, -0.05) is 19.0 Å². The van der Waals surface area contributed by atoms with Gasteiger partial charge < -0.3 is 15.2 Å². The Hall–Kier alpha value is -0.830. The predicted octanol–water partition coefficient (Wildman–Crippen LogP) is 4.12. The van der Waals surface area contributed by atoms with Crippen LogP contribution in [-0.4, -0.2) is 47.7 Å². The smallest absolute Gasteiger partial charge is 0.191 e. The molecular formula is C20H38IN5O. The van der Waals surface area contributed by atoms with Crippen LogP contribution in [0.3, 0.4) is 0 Å². The molecule has 7 heteroatoms. The zero-order valence-corrected chi connectivity index (χ0v) is 20.0. The number of hydrogen-bond acceptors (Lipinski definition) is 4. The predicted molar refractivity (Wildman–Crippen MR) is 123 cm³/mol. The average Bonchev–Trinajstić information content (AvgIpc) is 3.35. The zero-order valence-electron chi connectivity index (χ0n) is 17.6. The number of aromatic nitrogens is 1. The van der Waals surface area contributed by atoms with Gasteiger partial charge in [0.15, 0.2) is 11.7 Å². The third-order valence-electron chi connectivity index (χ3n) is 5.06. The van der Waals surface area contributed by atoms with Crippen LogP contribution in [0.1, 0.15) is 77.7 Å². The van der Waals surface area contributed by atoms with E-state index in [9.17, 15) is 0 Å². The van der Waals surface area contributed by atoms with E-state index in [0.717, 1.165) is 55.9 Å². The van der Waals surface area contributed by atoms with Crippen LogP contribution < -0.4 is 10.6 Å². The SMILES string of the molecule is CCNC(=NCc1cc(C(CC)CC)no1)NCCN(C(C)C)C1CC1.I. The largest absolute Gasteiger partial charge is 0.359 e. The highest BCUT2D eigenvalue weighted by Crippen LogP contribution is 2.28. The Balaban J connectivity index is 0.00000364. The van der Waals surface area contributed by atoms with Crippen molar-refractivity contribution >= 4 is 29.9 Å². The minimum Gasteiger partial charge on any atom is -0.359 e. The standard InChI is InChI=1S/C20H37N5O.HI/c1-6-16(7-2)19-13-18(26-24-19)14-23-20(21-8-3)22-11-12-25(15(4)5)17-9-10-17;/h13,15-17H,6-12,14H2,1-5H3,(H2,21,22,23);1H. The molecule has 2 rings (SSSR count). The van der Waals surface area contributed by atoms with E-state index >= 15 is 0 Å². The monoisotopic (exact) mass is 491 g/mol. The summed E-state index contributed by atoms with van der Waals surface area (Å²) in [4.78, 5) is 7.23. The fourth-order valence-electron chi connectivity index (χ4n) is 3.37. The summed E-state index contributed by atoms with van der Waals surface area (Å²) in [6.07, 6.45) is 4.86. The van der Waals surface area contributed by atoms with Gasteiger partial charge >= 0.3 is 0 Å². The minimum absolute atomic E-state index is 0. The maximum absolute atomic E-state index is 5.47. The van der Waals surface area contributed by atoms with Crippen molar-refractivity contribution in [2.24, 2.45) is 4.99 Å². The van der Waals surface area contributed by atoms with Crippen LogP contribution in [0.2, 0.25) is 0 Å². The molecule has 1 fully saturated rings. The number of nitrogens with zero attached hydrogens (tertiary/aromatic N) is 3. The molecule has 0 spiro atoms. The van der Waals surface area contributed by atoms with E-state index in [-0.39, 0.29) is 24.0 Å². The van der Waals surface area contributed by atoms with Crippen LogP contribution in [0, 0.1) is 0 Å². The molecular weight excluding hydrogens is 453 g/mol. The molecule has 156 valence electrons. The fraction of sp³-hybridized carbons (Fsp3) is 0.800. The highest BCUT2D eigenvalue weighted by Gasteiger charge is 2.30. The van der Waals surface area contributed by atoms with Crippen LogP contribution in [0.25, 0.3) is 0 Å². The molecule has 1 aliphatic rings.